The number of nitrogens with one attached hydrogen (secondary N) is 1. The molecule has 2 heterocycles. The molecule has 1 aromatic heterocycles. The zero-order valence-electron chi connectivity index (χ0n) is 7.86. The second-order valence-electron chi connectivity index (χ2n) is 3.15. The van der Waals surface area contributed by atoms with Gasteiger partial charge in [0.1, 0.15) is 11.7 Å². The van der Waals surface area contributed by atoms with Crippen molar-refractivity contribution in [2.24, 2.45) is 4.99 Å². The summed E-state index contributed by atoms with van der Waals surface area (Å²) in [6.45, 7) is 2.05. The summed E-state index contributed by atoms with van der Waals surface area (Å²) in [5.41, 5.74) is 2.50. The molecule has 5 heteroatoms. The first-order valence-electron chi connectivity index (χ1n) is 4.58. The molecule has 0 aliphatic carbocycles. The highest BCUT2D eigenvalue weighted by atomic mass is 32.1. The summed E-state index contributed by atoms with van der Waals surface area (Å²) in [5.74, 6) is 0.615. The molecule has 0 saturated carbocycles. The number of nitrogens with zero attached hydrogens (tertiary/aromatic N) is 2. The summed E-state index contributed by atoms with van der Waals surface area (Å²) in [6.07, 6.45) is 1.77. The van der Waals surface area contributed by atoms with Gasteiger partial charge in [0.25, 0.3) is 0 Å². The van der Waals surface area contributed by atoms with E-state index in [1.807, 2.05) is 12.3 Å². The average molecular weight is 209 g/mol. The van der Waals surface area contributed by atoms with Gasteiger partial charge in [0.15, 0.2) is 5.84 Å². The molecule has 74 valence electrons. The number of amides is 1. The smallest absolute Gasteiger partial charge is 0.250 e. The highest BCUT2D eigenvalue weighted by Gasteiger charge is 2.26. The molecule has 1 amide bonds. The SMILES string of the molecule is CCCC1N=C(c2cscn2)NC1=O. The molecule has 4 nitrogen and oxygen atoms in total. The standard InChI is InChI=1S/C9H11N3OS/c1-2-3-6-9(13)12-8(11-6)7-4-14-5-10-7/h4-6H,2-3H2,1H3,(H,11,12,13). The molecule has 0 aromatic carbocycles. The Labute approximate surface area is 86.1 Å². The number of hydrogen-bond acceptors (Lipinski definition) is 4. The monoisotopic (exact) mass is 209 g/mol. The van der Waals surface area contributed by atoms with E-state index in [2.05, 4.69) is 15.3 Å². The molecule has 1 aromatic rings. The summed E-state index contributed by atoms with van der Waals surface area (Å²) in [7, 11) is 0. The normalized spacial score (nSPS) is 20.8. The fraction of sp³-hybridized carbons (Fsp3) is 0.444. The van der Waals surface area contributed by atoms with Gasteiger partial charge in [-0.1, -0.05) is 13.3 Å². The second-order valence-corrected chi connectivity index (χ2v) is 3.86. The minimum absolute atomic E-state index is 0.00477. The summed E-state index contributed by atoms with van der Waals surface area (Å²) in [4.78, 5) is 19.8. The molecule has 0 spiro atoms. The van der Waals surface area contributed by atoms with Crippen molar-refractivity contribution in [3.63, 3.8) is 0 Å². The zero-order valence-corrected chi connectivity index (χ0v) is 8.67. The summed E-state index contributed by atoms with van der Waals surface area (Å²) in [5, 5.41) is 4.63. The predicted octanol–water partition coefficient (Wildman–Crippen LogP) is 1.19. The average Bonchev–Trinajstić information content (AvgIpc) is 2.76. The van der Waals surface area contributed by atoms with Crippen LogP contribution in [0.25, 0.3) is 0 Å². The number of carbonyl (C=O) groups excluding carboxylic acids is 1. The molecule has 2 rings (SSSR count). The van der Waals surface area contributed by atoms with Crippen molar-refractivity contribution in [3.8, 4) is 0 Å². The van der Waals surface area contributed by atoms with Gasteiger partial charge < -0.3 is 5.32 Å². The van der Waals surface area contributed by atoms with Crippen molar-refractivity contribution in [3.05, 3.63) is 16.6 Å². The molecule has 0 bridgehead atoms. The number of thiazole rings is 1. The molecule has 1 N–H and O–H groups in total. The van der Waals surface area contributed by atoms with E-state index in [1.165, 1.54) is 11.3 Å². The van der Waals surface area contributed by atoms with Crippen molar-refractivity contribution in [2.45, 2.75) is 25.8 Å². The fourth-order valence-corrected chi connectivity index (χ4v) is 1.91. The number of hydrogen-bond donors (Lipinski definition) is 1. The van der Waals surface area contributed by atoms with Crippen molar-refractivity contribution >= 4 is 23.1 Å². The molecule has 0 saturated heterocycles. The number of aromatic nitrogens is 1. The van der Waals surface area contributed by atoms with Crippen molar-refractivity contribution in [1.82, 2.24) is 10.3 Å². The van der Waals surface area contributed by atoms with Gasteiger partial charge in [0.2, 0.25) is 5.91 Å². The first kappa shape index (κ1) is 9.33. The van der Waals surface area contributed by atoms with Gasteiger partial charge in [-0.3, -0.25) is 9.79 Å². The van der Waals surface area contributed by atoms with Gasteiger partial charge >= 0.3 is 0 Å². The second kappa shape index (κ2) is 3.88. The quantitative estimate of drug-likeness (QED) is 0.813. The minimum Gasteiger partial charge on any atom is -0.307 e. The summed E-state index contributed by atoms with van der Waals surface area (Å²) in [6, 6.07) is -0.211. The third-order valence-corrected chi connectivity index (χ3v) is 2.65. The van der Waals surface area contributed by atoms with E-state index in [1.54, 1.807) is 5.51 Å². The lowest BCUT2D eigenvalue weighted by atomic mass is 10.2. The largest absolute Gasteiger partial charge is 0.307 e. The first-order valence-corrected chi connectivity index (χ1v) is 5.52. The number of aliphatic imine (C=N–C) groups is 1. The Kier molecular flexibility index (Phi) is 2.58. The maximum Gasteiger partial charge on any atom is 0.250 e. The van der Waals surface area contributed by atoms with Gasteiger partial charge in [0, 0.05) is 5.38 Å². The molecule has 1 aliphatic rings. The molecule has 1 atom stereocenters. The number of rotatable bonds is 3. The van der Waals surface area contributed by atoms with E-state index in [0.717, 1.165) is 18.5 Å². The first-order chi connectivity index (χ1) is 6.81. The lowest BCUT2D eigenvalue weighted by Gasteiger charge is -1.99. The summed E-state index contributed by atoms with van der Waals surface area (Å²) >= 11 is 1.50. The summed E-state index contributed by atoms with van der Waals surface area (Å²) < 4.78 is 0. The molecular formula is C9H11N3OS. The van der Waals surface area contributed by atoms with E-state index in [0.29, 0.717) is 5.84 Å². The lowest BCUT2D eigenvalue weighted by molar-refractivity contribution is -0.120. The Bertz CT molecular complexity index is 358. The molecule has 1 aliphatic heterocycles. The van der Waals surface area contributed by atoms with Gasteiger partial charge in [-0.05, 0) is 6.42 Å². The number of amidine groups is 1. The lowest BCUT2D eigenvalue weighted by Crippen LogP contribution is -2.29. The van der Waals surface area contributed by atoms with Gasteiger partial charge in [-0.25, -0.2) is 4.98 Å². The van der Waals surface area contributed by atoms with E-state index >= 15 is 0 Å². The Morgan fingerprint density at radius 1 is 1.64 bits per heavy atom. The minimum atomic E-state index is -0.211. The van der Waals surface area contributed by atoms with E-state index < -0.39 is 0 Å². The predicted molar refractivity (Wildman–Crippen MR) is 55.5 cm³/mol. The van der Waals surface area contributed by atoms with Gasteiger partial charge in [0.05, 0.1) is 5.51 Å². The molecule has 14 heavy (non-hydrogen) atoms. The van der Waals surface area contributed by atoms with Crippen LogP contribution in [0.4, 0.5) is 0 Å². The van der Waals surface area contributed by atoms with Crippen LogP contribution in [0.3, 0.4) is 0 Å². The van der Waals surface area contributed by atoms with Crippen molar-refractivity contribution in [2.75, 3.05) is 0 Å². The van der Waals surface area contributed by atoms with E-state index in [4.69, 9.17) is 0 Å². The molecule has 0 radical (unpaired) electrons. The Balaban J connectivity index is 2.16. The van der Waals surface area contributed by atoms with Crippen molar-refractivity contribution in [1.29, 1.82) is 0 Å². The Morgan fingerprint density at radius 3 is 3.14 bits per heavy atom. The molecular weight excluding hydrogens is 198 g/mol. The third-order valence-electron chi connectivity index (χ3n) is 2.07. The van der Waals surface area contributed by atoms with Gasteiger partial charge in [-0.15, -0.1) is 11.3 Å². The van der Waals surface area contributed by atoms with Crippen LogP contribution in [-0.4, -0.2) is 22.8 Å². The Morgan fingerprint density at radius 2 is 2.50 bits per heavy atom. The topological polar surface area (TPSA) is 54.4 Å². The zero-order chi connectivity index (χ0) is 9.97. The molecule has 0 fully saturated rings. The fourth-order valence-electron chi connectivity index (χ4n) is 1.38. The van der Waals surface area contributed by atoms with Crippen LogP contribution in [0, 0.1) is 0 Å². The highest BCUT2D eigenvalue weighted by Crippen LogP contribution is 2.12. The van der Waals surface area contributed by atoms with E-state index in [9.17, 15) is 4.79 Å². The Hall–Kier alpha value is -1.23. The van der Waals surface area contributed by atoms with Crippen LogP contribution in [0.15, 0.2) is 15.9 Å². The van der Waals surface area contributed by atoms with Gasteiger partial charge in [-0.2, -0.15) is 0 Å². The third kappa shape index (κ3) is 1.68. The van der Waals surface area contributed by atoms with Crippen LogP contribution in [-0.2, 0) is 4.79 Å². The van der Waals surface area contributed by atoms with Crippen LogP contribution >= 0.6 is 11.3 Å². The van der Waals surface area contributed by atoms with Crippen LogP contribution in [0.5, 0.6) is 0 Å². The maximum absolute atomic E-state index is 11.4. The van der Waals surface area contributed by atoms with Crippen molar-refractivity contribution < 1.29 is 4.79 Å². The maximum atomic E-state index is 11.4. The molecule has 1 unspecified atom stereocenters. The number of carbonyl (C=O) groups is 1. The van der Waals surface area contributed by atoms with Crippen LogP contribution in [0.2, 0.25) is 0 Å². The highest BCUT2D eigenvalue weighted by molar-refractivity contribution is 7.07. The van der Waals surface area contributed by atoms with E-state index in [-0.39, 0.29) is 11.9 Å². The van der Waals surface area contributed by atoms with Crippen LogP contribution < -0.4 is 5.32 Å². The van der Waals surface area contributed by atoms with Crippen LogP contribution in [0.1, 0.15) is 25.5 Å².